The minimum absolute atomic E-state index is 0.0107. The van der Waals surface area contributed by atoms with Gasteiger partial charge in [0.05, 0.1) is 12.2 Å². The van der Waals surface area contributed by atoms with Gasteiger partial charge in [0.1, 0.15) is 11.8 Å². The van der Waals surface area contributed by atoms with E-state index in [-0.39, 0.29) is 11.8 Å². The van der Waals surface area contributed by atoms with Gasteiger partial charge in [-0.2, -0.15) is 0 Å². The number of aromatic nitrogens is 4. The fourth-order valence-electron chi connectivity index (χ4n) is 3.67. The monoisotopic (exact) mass is 364 g/mol. The molecule has 0 radical (unpaired) electrons. The zero-order valence-electron chi connectivity index (χ0n) is 15.3. The lowest BCUT2D eigenvalue weighted by Crippen LogP contribution is -2.43. The first-order chi connectivity index (χ1) is 13.3. The van der Waals surface area contributed by atoms with Crippen LogP contribution in [0.5, 0.6) is 0 Å². The van der Waals surface area contributed by atoms with E-state index in [2.05, 4.69) is 42.3 Å². The molecule has 1 saturated heterocycles. The summed E-state index contributed by atoms with van der Waals surface area (Å²) < 4.78 is 0. The zero-order valence-corrected chi connectivity index (χ0v) is 15.3. The van der Waals surface area contributed by atoms with Crippen molar-refractivity contribution in [2.24, 2.45) is 5.92 Å². The maximum Gasteiger partial charge on any atom is 0.224 e. The number of fused-ring (bicyclic) bond motifs is 1. The van der Waals surface area contributed by atoms with Crippen molar-refractivity contribution >= 4 is 22.9 Å². The molecule has 4 rings (SSSR count). The number of benzene rings is 1. The van der Waals surface area contributed by atoms with Crippen LogP contribution in [0.25, 0.3) is 11.2 Å². The van der Waals surface area contributed by atoms with Gasteiger partial charge in [-0.15, -0.1) is 0 Å². The van der Waals surface area contributed by atoms with Crippen LogP contribution < -0.4 is 10.2 Å². The molecule has 0 bridgehead atoms. The van der Waals surface area contributed by atoms with Gasteiger partial charge >= 0.3 is 0 Å². The van der Waals surface area contributed by atoms with Crippen LogP contribution in [0.1, 0.15) is 24.8 Å². The molecule has 0 unspecified atom stereocenters. The maximum atomic E-state index is 12.6. The van der Waals surface area contributed by atoms with E-state index < -0.39 is 0 Å². The number of rotatable bonds is 6. The van der Waals surface area contributed by atoms with Crippen LogP contribution in [-0.2, 0) is 11.2 Å². The van der Waals surface area contributed by atoms with Gasteiger partial charge in [-0.25, -0.2) is 15.0 Å². The number of nitrogens with zero attached hydrogens (tertiary/aromatic N) is 4. The average Bonchev–Trinajstić information content (AvgIpc) is 3.21. The Morgan fingerprint density at radius 3 is 3.00 bits per heavy atom. The number of carbonyl (C=O) groups excluding carboxylic acids is 1. The second-order valence-electron chi connectivity index (χ2n) is 6.96. The van der Waals surface area contributed by atoms with Gasteiger partial charge in [-0.05, 0) is 31.2 Å². The van der Waals surface area contributed by atoms with Crippen LogP contribution in [0.3, 0.4) is 0 Å². The number of imidazole rings is 1. The highest BCUT2D eigenvalue weighted by Crippen LogP contribution is 2.25. The van der Waals surface area contributed by atoms with E-state index in [0.29, 0.717) is 18.7 Å². The second-order valence-corrected chi connectivity index (χ2v) is 6.96. The summed E-state index contributed by atoms with van der Waals surface area (Å²) in [7, 11) is 0. The lowest BCUT2D eigenvalue weighted by atomic mass is 9.97. The summed E-state index contributed by atoms with van der Waals surface area (Å²) in [6, 6.07) is 10.4. The van der Waals surface area contributed by atoms with Crippen LogP contribution in [0, 0.1) is 5.92 Å². The van der Waals surface area contributed by atoms with Gasteiger partial charge in [0.2, 0.25) is 5.91 Å². The maximum absolute atomic E-state index is 12.6. The smallest absolute Gasteiger partial charge is 0.224 e. The third-order valence-corrected chi connectivity index (χ3v) is 5.08. The molecule has 7 heteroatoms. The Morgan fingerprint density at radius 2 is 2.11 bits per heavy atom. The first-order valence-electron chi connectivity index (χ1n) is 9.52. The van der Waals surface area contributed by atoms with E-state index in [9.17, 15) is 4.79 Å². The molecule has 2 aromatic heterocycles. The number of hydrogen-bond donors (Lipinski definition) is 2. The summed E-state index contributed by atoms with van der Waals surface area (Å²) in [5.41, 5.74) is 2.80. The highest BCUT2D eigenvalue weighted by Gasteiger charge is 2.27. The van der Waals surface area contributed by atoms with E-state index in [1.807, 2.05) is 18.2 Å². The van der Waals surface area contributed by atoms with Crippen molar-refractivity contribution < 1.29 is 4.79 Å². The molecule has 0 saturated carbocycles. The number of aryl methyl sites for hydroxylation is 1. The Kier molecular flexibility index (Phi) is 5.27. The van der Waals surface area contributed by atoms with Crippen LogP contribution in [0.15, 0.2) is 43.0 Å². The van der Waals surface area contributed by atoms with Gasteiger partial charge in [0.15, 0.2) is 11.5 Å². The van der Waals surface area contributed by atoms with Gasteiger partial charge in [-0.1, -0.05) is 30.3 Å². The molecule has 1 aromatic carbocycles. The molecule has 0 aliphatic carbocycles. The lowest BCUT2D eigenvalue weighted by molar-refractivity contribution is -0.125. The third-order valence-electron chi connectivity index (χ3n) is 5.08. The Balaban J connectivity index is 1.31. The van der Waals surface area contributed by atoms with Crippen LogP contribution in [0.4, 0.5) is 5.82 Å². The summed E-state index contributed by atoms with van der Waals surface area (Å²) in [5.74, 6) is 0.963. The fourth-order valence-corrected chi connectivity index (χ4v) is 3.67. The summed E-state index contributed by atoms with van der Waals surface area (Å²) in [6.45, 7) is 2.28. The summed E-state index contributed by atoms with van der Waals surface area (Å²) in [6.07, 6.45) is 6.99. The number of nitrogens with one attached hydrogen (secondary N) is 2. The lowest BCUT2D eigenvalue weighted by Gasteiger charge is -2.32. The first kappa shape index (κ1) is 17.5. The van der Waals surface area contributed by atoms with Crippen molar-refractivity contribution in [1.29, 1.82) is 0 Å². The first-order valence-corrected chi connectivity index (χ1v) is 9.52. The van der Waals surface area contributed by atoms with Gasteiger partial charge in [0, 0.05) is 19.6 Å². The Labute approximate surface area is 158 Å². The van der Waals surface area contributed by atoms with E-state index in [4.69, 9.17) is 0 Å². The van der Waals surface area contributed by atoms with E-state index in [1.165, 1.54) is 11.9 Å². The Morgan fingerprint density at radius 1 is 1.22 bits per heavy atom. The highest BCUT2D eigenvalue weighted by atomic mass is 16.1. The van der Waals surface area contributed by atoms with E-state index >= 15 is 0 Å². The number of piperidine rings is 1. The van der Waals surface area contributed by atoms with Gasteiger partial charge in [-0.3, -0.25) is 4.79 Å². The minimum atomic E-state index is -0.0107. The number of aromatic amines is 1. The molecule has 1 amide bonds. The van der Waals surface area contributed by atoms with Gasteiger partial charge < -0.3 is 15.2 Å². The Hall–Kier alpha value is -2.96. The number of hydrogen-bond acceptors (Lipinski definition) is 5. The predicted molar refractivity (Wildman–Crippen MR) is 104 cm³/mol. The summed E-state index contributed by atoms with van der Waals surface area (Å²) >= 11 is 0. The molecule has 1 aliphatic heterocycles. The molecular weight excluding hydrogens is 340 g/mol. The molecule has 0 spiro atoms. The van der Waals surface area contributed by atoms with E-state index in [0.717, 1.165) is 43.6 Å². The molecule has 3 aromatic rings. The highest BCUT2D eigenvalue weighted by molar-refractivity contribution is 5.84. The topological polar surface area (TPSA) is 86.8 Å². The number of anilines is 1. The molecule has 1 aliphatic rings. The minimum Gasteiger partial charge on any atom is -0.356 e. The third kappa shape index (κ3) is 4.07. The van der Waals surface area contributed by atoms with Crippen molar-refractivity contribution in [3.8, 4) is 0 Å². The molecule has 27 heavy (non-hydrogen) atoms. The number of carbonyl (C=O) groups is 1. The zero-order chi connectivity index (χ0) is 18.5. The van der Waals surface area contributed by atoms with Crippen LogP contribution >= 0.6 is 0 Å². The standard InChI is InChI=1S/C20H24N6O/c27-20(21-10-4-8-15-6-2-1-3-7-15)16-9-5-11-26(12-16)19-17-18(23-13-22-17)24-14-25-19/h1-3,6-7,13-14,16H,4-5,8-12H2,(H,21,27)(H,22,23,24,25)/t16-/m1/s1. The quantitative estimate of drug-likeness (QED) is 0.656. The van der Waals surface area contributed by atoms with E-state index in [1.54, 1.807) is 6.33 Å². The van der Waals surface area contributed by atoms with Crippen molar-refractivity contribution in [2.75, 3.05) is 24.5 Å². The molecule has 1 fully saturated rings. The molecule has 3 heterocycles. The number of amides is 1. The average molecular weight is 364 g/mol. The SMILES string of the molecule is O=C(NCCCc1ccccc1)[C@@H]1CCCN(c2ncnc3nc[nH]c23)C1. The predicted octanol–water partition coefficient (Wildman–Crippen LogP) is 2.32. The Bertz CT molecular complexity index is 894. The molecule has 7 nitrogen and oxygen atoms in total. The fraction of sp³-hybridized carbons (Fsp3) is 0.400. The van der Waals surface area contributed by atoms with Crippen molar-refractivity contribution in [2.45, 2.75) is 25.7 Å². The molecule has 1 atom stereocenters. The molecule has 140 valence electrons. The molecule has 2 N–H and O–H groups in total. The van der Waals surface area contributed by atoms with Crippen LogP contribution in [-0.4, -0.2) is 45.5 Å². The van der Waals surface area contributed by atoms with Crippen molar-refractivity contribution in [1.82, 2.24) is 25.3 Å². The molecular formula is C20H24N6O. The van der Waals surface area contributed by atoms with Crippen molar-refractivity contribution in [3.63, 3.8) is 0 Å². The normalized spacial score (nSPS) is 17.2. The largest absolute Gasteiger partial charge is 0.356 e. The van der Waals surface area contributed by atoms with Gasteiger partial charge in [0.25, 0.3) is 0 Å². The number of H-pyrrole nitrogens is 1. The van der Waals surface area contributed by atoms with Crippen molar-refractivity contribution in [3.05, 3.63) is 48.5 Å². The second kappa shape index (κ2) is 8.16. The summed E-state index contributed by atoms with van der Waals surface area (Å²) in [5, 5.41) is 3.11. The summed E-state index contributed by atoms with van der Waals surface area (Å²) in [4.78, 5) is 30.7. The van der Waals surface area contributed by atoms with Crippen LogP contribution in [0.2, 0.25) is 0 Å².